The third kappa shape index (κ3) is 8.19. The predicted octanol–water partition coefficient (Wildman–Crippen LogP) is 4.61. The molecule has 1 heterocycles. The third-order valence-electron chi connectivity index (χ3n) is 5.61. The SMILES string of the molecule is CCOCCCN(CC(=O)N(Cc1ccccc1)Cc1ccc(C)s1)S(=O)(=O)c1ccc([N+](=O)[O-])cc1. The van der Waals surface area contributed by atoms with E-state index < -0.39 is 14.9 Å². The van der Waals surface area contributed by atoms with Crippen LogP contribution in [0.15, 0.2) is 71.6 Å². The van der Waals surface area contributed by atoms with Gasteiger partial charge in [-0.05, 0) is 50.1 Å². The van der Waals surface area contributed by atoms with Gasteiger partial charge in [0.25, 0.3) is 5.69 Å². The van der Waals surface area contributed by atoms with Crippen molar-refractivity contribution in [2.45, 2.75) is 38.3 Å². The lowest BCUT2D eigenvalue weighted by atomic mass is 10.2. The quantitative estimate of drug-likeness (QED) is 0.166. The summed E-state index contributed by atoms with van der Waals surface area (Å²) in [4.78, 5) is 27.7. The molecule has 3 rings (SSSR count). The molecule has 0 fully saturated rings. The standard InChI is InChI=1S/C26H31N3O6S2/c1-3-35-17-7-16-28(37(33,34)25-14-11-23(12-15-25)29(31)32)20-26(30)27(18-22-8-5-4-6-9-22)19-24-13-10-21(2)36-24/h4-6,8-15H,3,7,16-20H2,1-2H3. The number of nitrogens with zero attached hydrogens (tertiary/aromatic N) is 3. The number of non-ortho nitro benzene ring substituents is 1. The molecule has 9 nitrogen and oxygen atoms in total. The maximum absolute atomic E-state index is 13.6. The van der Waals surface area contributed by atoms with Crippen molar-refractivity contribution >= 4 is 33.0 Å². The van der Waals surface area contributed by atoms with Crippen LogP contribution in [0.5, 0.6) is 0 Å². The molecule has 0 aliphatic carbocycles. The lowest BCUT2D eigenvalue weighted by molar-refractivity contribution is -0.384. The number of carbonyl (C=O) groups is 1. The van der Waals surface area contributed by atoms with Gasteiger partial charge in [0.15, 0.2) is 0 Å². The van der Waals surface area contributed by atoms with Crippen LogP contribution in [0.4, 0.5) is 5.69 Å². The number of hydrogen-bond acceptors (Lipinski definition) is 7. The molecule has 11 heteroatoms. The fourth-order valence-corrected chi connectivity index (χ4v) is 6.04. The van der Waals surface area contributed by atoms with Crippen molar-refractivity contribution in [2.24, 2.45) is 0 Å². The Morgan fingerprint density at radius 3 is 2.32 bits per heavy atom. The highest BCUT2D eigenvalue weighted by atomic mass is 32.2. The Bertz CT molecular complexity index is 1280. The van der Waals surface area contributed by atoms with E-state index in [1.807, 2.05) is 56.3 Å². The zero-order chi connectivity index (χ0) is 26.8. The van der Waals surface area contributed by atoms with Crippen molar-refractivity contribution in [1.82, 2.24) is 9.21 Å². The molecular formula is C26H31N3O6S2. The van der Waals surface area contributed by atoms with Crippen LogP contribution in [0.1, 0.15) is 28.7 Å². The molecule has 37 heavy (non-hydrogen) atoms. The predicted molar refractivity (Wildman–Crippen MR) is 143 cm³/mol. The minimum absolute atomic E-state index is 0.0718. The molecule has 0 saturated heterocycles. The first kappa shape index (κ1) is 28.5. The molecule has 0 unspecified atom stereocenters. The van der Waals surface area contributed by atoms with E-state index in [4.69, 9.17) is 4.74 Å². The number of nitro groups is 1. The van der Waals surface area contributed by atoms with Gasteiger partial charge in [-0.2, -0.15) is 4.31 Å². The number of aryl methyl sites for hydroxylation is 1. The van der Waals surface area contributed by atoms with Crippen LogP contribution in [0, 0.1) is 17.0 Å². The first-order valence-corrected chi connectivity index (χ1v) is 14.2. The normalized spacial score (nSPS) is 11.5. The van der Waals surface area contributed by atoms with Gasteiger partial charge >= 0.3 is 0 Å². The summed E-state index contributed by atoms with van der Waals surface area (Å²) in [6.45, 7) is 5.10. The lowest BCUT2D eigenvalue weighted by Crippen LogP contribution is -2.43. The summed E-state index contributed by atoms with van der Waals surface area (Å²) in [6, 6.07) is 18.2. The Morgan fingerprint density at radius 2 is 1.73 bits per heavy atom. The Kier molecular flexibility index (Phi) is 10.3. The summed E-state index contributed by atoms with van der Waals surface area (Å²) in [5.74, 6) is -0.336. The van der Waals surface area contributed by atoms with Crippen molar-refractivity contribution in [3.05, 3.63) is 92.2 Å². The molecule has 198 valence electrons. The van der Waals surface area contributed by atoms with Gasteiger partial charge in [0.1, 0.15) is 0 Å². The van der Waals surface area contributed by atoms with Crippen LogP contribution < -0.4 is 0 Å². The second-order valence-electron chi connectivity index (χ2n) is 8.39. The smallest absolute Gasteiger partial charge is 0.269 e. The average molecular weight is 546 g/mol. The molecule has 0 aliphatic heterocycles. The van der Waals surface area contributed by atoms with Crippen LogP contribution in [-0.2, 0) is 32.6 Å². The van der Waals surface area contributed by atoms with Crippen molar-refractivity contribution in [3.63, 3.8) is 0 Å². The van der Waals surface area contributed by atoms with Crippen molar-refractivity contribution in [3.8, 4) is 0 Å². The van der Waals surface area contributed by atoms with Crippen LogP contribution in [0.25, 0.3) is 0 Å². The minimum Gasteiger partial charge on any atom is -0.382 e. The van der Waals surface area contributed by atoms with Gasteiger partial charge in [0.05, 0.1) is 22.9 Å². The average Bonchev–Trinajstić information content (AvgIpc) is 3.30. The summed E-state index contributed by atoms with van der Waals surface area (Å²) >= 11 is 1.59. The van der Waals surface area contributed by atoms with E-state index in [9.17, 15) is 23.3 Å². The Labute approximate surface area is 221 Å². The highest BCUT2D eigenvalue weighted by molar-refractivity contribution is 7.89. The minimum atomic E-state index is -4.09. The van der Waals surface area contributed by atoms with E-state index in [0.717, 1.165) is 31.8 Å². The van der Waals surface area contributed by atoms with Gasteiger partial charge in [-0.25, -0.2) is 8.42 Å². The molecule has 0 atom stereocenters. The van der Waals surface area contributed by atoms with E-state index in [1.54, 1.807) is 16.2 Å². The van der Waals surface area contributed by atoms with Crippen LogP contribution in [0.3, 0.4) is 0 Å². The van der Waals surface area contributed by atoms with Gasteiger partial charge in [0, 0.05) is 48.2 Å². The van der Waals surface area contributed by atoms with E-state index >= 15 is 0 Å². The first-order valence-electron chi connectivity index (χ1n) is 11.9. The maximum Gasteiger partial charge on any atom is 0.269 e. The number of sulfonamides is 1. The summed E-state index contributed by atoms with van der Waals surface area (Å²) in [7, 11) is -4.09. The van der Waals surface area contributed by atoms with E-state index in [-0.39, 0.29) is 29.6 Å². The fraction of sp³-hybridized carbons (Fsp3) is 0.346. The number of nitro benzene ring substituents is 1. The molecule has 0 saturated carbocycles. The number of carbonyl (C=O) groups excluding carboxylic acids is 1. The van der Waals surface area contributed by atoms with E-state index in [1.165, 1.54) is 12.1 Å². The molecule has 0 bridgehead atoms. The Morgan fingerprint density at radius 1 is 1.03 bits per heavy atom. The lowest BCUT2D eigenvalue weighted by Gasteiger charge is -2.27. The molecule has 0 spiro atoms. The second kappa shape index (κ2) is 13.4. The van der Waals surface area contributed by atoms with Gasteiger partial charge in [-0.3, -0.25) is 14.9 Å². The topological polar surface area (TPSA) is 110 Å². The van der Waals surface area contributed by atoms with Gasteiger partial charge < -0.3 is 9.64 Å². The van der Waals surface area contributed by atoms with E-state index in [2.05, 4.69) is 0 Å². The van der Waals surface area contributed by atoms with Crippen LogP contribution in [0.2, 0.25) is 0 Å². The first-order chi connectivity index (χ1) is 17.7. The van der Waals surface area contributed by atoms with Crippen LogP contribution in [-0.4, -0.2) is 54.8 Å². The summed E-state index contributed by atoms with van der Waals surface area (Å²) < 4.78 is 33.5. The molecular weight excluding hydrogens is 514 g/mol. The zero-order valence-corrected chi connectivity index (χ0v) is 22.5. The summed E-state index contributed by atoms with van der Waals surface area (Å²) in [5, 5.41) is 11.0. The third-order valence-corrected chi connectivity index (χ3v) is 8.45. The number of thiophene rings is 1. The van der Waals surface area contributed by atoms with Gasteiger partial charge in [-0.1, -0.05) is 30.3 Å². The molecule has 0 aliphatic rings. The second-order valence-corrected chi connectivity index (χ2v) is 11.7. The Balaban J connectivity index is 1.86. The Hall–Kier alpha value is -3.12. The molecule has 1 amide bonds. The number of hydrogen-bond donors (Lipinski definition) is 0. The molecule has 1 aromatic heterocycles. The number of benzene rings is 2. The van der Waals surface area contributed by atoms with Crippen molar-refractivity contribution in [1.29, 1.82) is 0 Å². The molecule has 0 N–H and O–H groups in total. The van der Waals surface area contributed by atoms with Crippen molar-refractivity contribution < 1.29 is 22.9 Å². The highest BCUT2D eigenvalue weighted by Crippen LogP contribution is 2.22. The fourth-order valence-electron chi connectivity index (χ4n) is 3.71. The van der Waals surface area contributed by atoms with Crippen molar-refractivity contribution in [2.75, 3.05) is 26.3 Å². The molecule has 3 aromatic rings. The zero-order valence-electron chi connectivity index (χ0n) is 20.9. The molecule has 0 radical (unpaired) electrons. The van der Waals surface area contributed by atoms with Gasteiger partial charge in [-0.15, -0.1) is 11.3 Å². The van der Waals surface area contributed by atoms with Gasteiger partial charge in [0.2, 0.25) is 15.9 Å². The highest BCUT2D eigenvalue weighted by Gasteiger charge is 2.29. The monoisotopic (exact) mass is 545 g/mol. The largest absolute Gasteiger partial charge is 0.382 e. The number of amides is 1. The number of ether oxygens (including phenoxy) is 1. The summed E-state index contributed by atoms with van der Waals surface area (Å²) in [5.41, 5.74) is 0.725. The maximum atomic E-state index is 13.6. The van der Waals surface area contributed by atoms with Crippen LogP contribution >= 0.6 is 11.3 Å². The van der Waals surface area contributed by atoms with E-state index in [0.29, 0.717) is 32.7 Å². The summed E-state index contributed by atoms with van der Waals surface area (Å²) in [6.07, 6.45) is 0.399. The number of rotatable bonds is 14. The molecule has 2 aromatic carbocycles.